The Kier molecular flexibility index (Phi) is 4.42. The lowest BCUT2D eigenvalue weighted by molar-refractivity contribution is -0.115. The highest BCUT2D eigenvalue weighted by molar-refractivity contribution is 8.08. The molecule has 126 valence electrons. The van der Waals surface area contributed by atoms with Crippen LogP contribution in [-0.4, -0.2) is 23.3 Å². The monoisotopic (exact) mass is 372 g/mol. The lowest BCUT2D eigenvalue weighted by atomic mass is 10.2. The van der Waals surface area contributed by atoms with E-state index in [2.05, 4.69) is 10.3 Å². The molecule has 4 nitrogen and oxygen atoms in total. The number of halogens is 1. The summed E-state index contributed by atoms with van der Waals surface area (Å²) in [5.41, 5.74) is 1.60. The van der Waals surface area contributed by atoms with Crippen molar-refractivity contribution in [3.8, 4) is 0 Å². The summed E-state index contributed by atoms with van der Waals surface area (Å²) >= 11 is 2.83. The summed E-state index contributed by atoms with van der Waals surface area (Å²) in [6.07, 6.45) is 0. The second-order valence-corrected chi connectivity index (χ2v) is 7.44. The summed E-state index contributed by atoms with van der Waals surface area (Å²) in [4.78, 5) is 17.8. The van der Waals surface area contributed by atoms with Crippen LogP contribution in [0.1, 0.15) is 5.56 Å². The molecule has 1 aromatic heterocycles. The summed E-state index contributed by atoms with van der Waals surface area (Å²) < 4.78 is 19.6. The van der Waals surface area contributed by atoms with Gasteiger partial charge in [0.25, 0.3) is 5.91 Å². The number of nitrogens with zero attached hydrogens (tertiary/aromatic N) is 1. The molecule has 0 fully saturated rings. The fourth-order valence-corrected chi connectivity index (χ4v) is 4.34. The SMILES string of the molecule is O=C(Nc1nc2ccc(F)cc2s1)C1=C(c2ccccc2)SCCO1. The summed E-state index contributed by atoms with van der Waals surface area (Å²) in [6, 6.07) is 14.0. The van der Waals surface area contributed by atoms with Gasteiger partial charge in [-0.2, -0.15) is 0 Å². The van der Waals surface area contributed by atoms with Crippen molar-refractivity contribution < 1.29 is 13.9 Å². The van der Waals surface area contributed by atoms with Crippen LogP contribution in [0.4, 0.5) is 9.52 Å². The molecule has 1 amide bonds. The average molecular weight is 372 g/mol. The molecule has 1 N–H and O–H groups in total. The van der Waals surface area contributed by atoms with Crippen molar-refractivity contribution in [3.05, 3.63) is 65.7 Å². The van der Waals surface area contributed by atoms with Crippen molar-refractivity contribution in [1.82, 2.24) is 4.98 Å². The third kappa shape index (κ3) is 3.38. The Morgan fingerprint density at radius 3 is 2.88 bits per heavy atom. The number of benzene rings is 2. The van der Waals surface area contributed by atoms with Crippen LogP contribution in [0.2, 0.25) is 0 Å². The van der Waals surface area contributed by atoms with Crippen molar-refractivity contribution in [2.24, 2.45) is 0 Å². The van der Waals surface area contributed by atoms with E-state index in [0.717, 1.165) is 16.2 Å². The predicted molar refractivity (Wildman–Crippen MR) is 100.0 cm³/mol. The highest BCUT2D eigenvalue weighted by atomic mass is 32.2. The van der Waals surface area contributed by atoms with E-state index >= 15 is 0 Å². The molecule has 0 unspecified atom stereocenters. The number of fused-ring (bicyclic) bond motifs is 1. The molecule has 3 aromatic rings. The average Bonchev–Trinajstić information content (AvgIpc) is 3.03. The number of thioether (sulfide) groups is 1. The maximum Gasteiger partial charge on any atom is 0.293 e. The first kappa shape index (κ1) is 16.1. The fraction of sp³-hybridized carbons (Fsp3) is 0.111. The summed E-state index contributed by atoms with van der Waals surface area (Å²) in [7, 11) is 0. The molecule has 0 bridgehead atoms. The minimum atomic E-state index is -0.342. The molecule has 1 aliphatic rings. The minimum Gasteiger partial charge on any atom is -0.486 e. The van der Waals surface area contributed by atoms with Crippen LogP contribution in [0.15, 0.2) is 54.3 Å². The zero-order valence-electron chi connectivity index (χ0n) is 13.0. The molecule has 0 radical (unpaired) electrons. The second-order valence-electron chi connectivity index (χ2n) is 5.31. The second kappa shape index (κ2) is 6.85. The molecule has 25 heavy (non-hydrogen) atoms. The highest BCUT2D eigenvalue weighted by Gasteiger charge is 2.23. The molecule has 0 saturated heterocycles. The number of hydrogen-bond donors (Lipinski definition) is 1. The lowest BCUT2D eigenvalue weighted by Crippen LogP contribution is -2.21. The summed E-state index contributed by atoms with van der Waals surface area (Å²) in [5.74, 6) is 0.426. The van der Waals surface area contributed by atoms with Crippen LogP contribution in [0.5, 0.6) is 0 Å². The lowest BCUT2D eigenvalue weighted by Gasteiger charge is -2.20. The van der Waals surface area contributed by atoms with Crippen LogP contribution in [0, 0.1) is 5.82 Å². The number of hydrogen-bond acceptors (Lipinski definition) is 5. The number of thiazole rings is 1. The van der Waals surface area contributed by atoms with E-state index in [9.17, 15) is 9.18 Å². The van der Waals surface area contributed by atoms with Crippen LogP contribution < -0.4 is 5.32 Å². The number of ether oxygens (including phenoxy) is 1. The van der Waals surface area contributed by atoms with Crippen LogP contribution in [-0.2, 0) is 9.53 Å². The Labute approximate surface area is 151 Å². The standard InChI is InChI=1S/C18H13FN2O2S2/c19-12-6-7-13-14(10-12)25-18(20-13)21-17(22)15-16(24-9-8-23-15)11-4-2-1-3-5-11/h1-7,10H,8-9H2,(H,20,21,22). The van der Waals surface area contributed by atoms with E-state index < -0.39 is 0 Å². The molecule has 4 rings (SSSR count). The van der Waals surface area contributed by atoms with E-state index in [-0.39, 0.29) is 11.7 Å². The maximum atomic E-state index is 13.3. The zero-order valence-corrected chi connectivity index (χ0v) is 14.6. The van der Waals surface area contributed by atoms with Gasteiger partial charge in [0.2, 0.25) is 0 Å². The molecule has 1 aliphatic heterocycles. The maximum absolute atomic E-state index is 13.3. The Morgan fingerprint density at radius 1 is 1.20 bits per heavy atom. The van der Waals surface area contributed by atoms with Crippen LogP contribution >= 0.6 is 23.1 Å². The third-order valence-electron chi connectivity index (χ3n) is 3.60. The first-order valence-electron chi connectivity index (χ1n) is 7.63. The number of anilines is 1. The number of aromatic nitrogens is 1. The number of nitrogens with one attached hydrogen (secondary N) is 1. The van der Waals surface area contributed by atoms with Gasteiger partial charge >= 0.3 is 0 Å². The van der Waals surface area contributed by atoms with Gasteiger partial charge in [-0.25, -0.2) is 9.37 Å². The van der Waals surface area contributed by atoms with Crippen molar-refractivity contribution in [1.29, 1.82) is 0 Å². The number of rotatable bonds is 3. The van der Waals surface area contributed by atoms with Crippen molar-refractivity contribution in [3.63, 3.8) is 0 Å². The number of carbonyl (C=O) groups is 1. The van der Waals surface area contributed by atoms with E-state index in [4.69, 9.17) is 4.74 Å². The first-order chi connectivity index (χ1) is 12.2. The van der Waals surface area contributed by atoms with E-state index in [1.807, 2.05) is 30.3 Å². The van der Waals surface area contributed by atoms with Crippen molar-refractivity contribution in [2.75, 3.05) is 17.7 Å². The third-order valence-corrected chi connectivity index (χ3v) is 5.61. The Bertz CT molecular complexity index is 970. The largest absolute Gasteiger partial charge is 0.486 e. The van der Waals surface area contributed by atoms with Gasteiger partial charge in [-0.1, -0.05) is 41.7 Å². The van der Waals surface area contributed by atoms with Gasteiger partial charge in [-0.3, -0.25) is 10.1 Å². The Balaban J connectivity index is 1.64. The molecule has 0 atom stereocenters. The fourth-order valence-electron chi connectivity index (χ4n) is 2.50. The van der Waals surface area contributed by atoms with Crippen molar-refractivity contribution >= 4 is 49.3 Å². The smallest absolute Gasteiger partial charge is 0.293 e. The normalized spacial score (nSPS) is 14.4. The molecule has 0 aliphatic carbocycles. The molecule has 7 heteroatoms. The Morgan fingerprint density at radius 2 is 2.04 bits per heavy atom. The van der Waals surface area contributed by atoms with Crippen molar-refractivity contribution in [2.45, 2.75) is 0 Å². The first-order valence-corrected chi connectivity index (χ1v) is 9.43. The molecule has 0 spiro atoms. The number of carbonyl (C=O) groups excluding carboxylic acids is 1. The van der Waals surface area contributed by atoms with E-state index in [0.29, 0.717) is 27.7 Å². The topological polar surface area (TPSA) is 51.2 Å². The van der Waals surface area contributed by atoms with Crippen LogP contribution in [0.25, 0.3) is 15.1 Å². The summed E-state index contributed by atoms with van der Waals surface area (Å²) in [5, 5.41) is 3.19. The van der Waals surface area contributed by atoms with Gasteiger partial charge in [-0.05, 0) is 23.8 Å². The van der Waals surface area contributed by atoms with Gasteiger partial charge in [0.1, 0.15) is 5.82 Å². The summed E-state index contributed by atoms with van der Waals surface area (Å²) in [6.45, 7) is 0.481. The molecular formula is C18H13FN2O2S2. The van der Waals surface area contributed by atoms with E-state index in [1.165, 1.54) is 23.5 Å². The quantitative estimate of drug-likeness (QED) is 0.735. The minimum absolute atomic E-state index is 0.299. The molecule has 0 saturated carbocycles. The van der Waals surface area contributed by atoms with E-state index in [1.54, 1.807) is 17.8 Å². The molecule has 2 aromatic carbocycles. The van der Waals surface area contributed by atoms with Gasteiger partial charge in [0, 0.05) is 5.75 Å². The Hall–Kier alpha value is -2.38. The zero-order chi connectivity index (χ0) is 17.2. The van der Waals surface area contributed by atoms with Gasteiger partial charge in [-0.15, -0.1) is 11.8 Å². The molecular weight excluding hydrogens is 359 g/mol. The van der Waals surface area contributed by atoms with Gasteiger partial charge in [0.15, 0.2) is 10.9 Å². The van der Waals surface area contributed by atoms with Gasteiger partial charge < -0.3 is 4.74 Å². The number of amides is 1. The predicted octanol–water partition coefficient (Wildman–Crippen LogP) is 4.51. The molecule has 2 heterocycles. The van der Waals surface area contributed by atoms with Crippen LogP contribution in [0.3, 0.4) is 0 Å². The van der Waals surface area contributed by atoms with Gasteiger partial charge in [0.05, 0.1) is 21.7 Å². The highest BCUT2D eigenvalue weighted by Crippen LogP contribution is 2.35.